The number of hydrogen-bond acceptors (Lipinski definition) is 3. The Kier molecular flexibility index (Phi) is 4.26. The van der Waals surface area contributed by atoms with E-state index in [1.807, 2.05) is 19.2 Å². The molecule has 0 spiro atoms. The molecule has 0 bridgehead atoms. The molecule has 14 heavy (non-hydrogen) atoms. The van der Waals surface area contributed by atoms with Crippen molar-refractivity contribution in [1.29, 1.82) is 0 Å². The van der Waals surface area contributed by atoms with Crippen molar-refractivity contribution in [2.75, 3.05) is 25.0 Å². The number of unbranched alkanes of at least 4 members (excludes halogenated alkanes) is 1. The van der Waals surface area contributed by atoms with Crippen molar-refractivity contribution in [1.82, 2.24) is 0 Å². The van der Waals surface area contributed by atoms with Crippen molar-refractivity contribution in [2.24, 2.45) is 5.73 Å². The van der Waals surface area contributed by atoms with Gasteiger partial charge in [-0.25, -0.2) is 0 Å². The second kappa shape index (κ2) is 5.50. The molecule has 0 aliphatic carbocycles. The summed E-state index contributed by atoms with van der Waals surface area (Å²) >= 11 is 0. The molecule has 3 N–H and O–H groups in total. The maximum Gasteiger partial charge on any atom is 0.117 e. The summed E-state index contributed by atoms with van der Waals surface area (Å²) in [6.45, 7) is 1.72. The van der Waals surface area contributed by atoms with Gasteiger partial charge in [0.1, 0.15) is 5.75 Å². The molecular formula is C11H18N2O. The van der Waals surface area contributed by atoms with E-state index < -0.39 is 0 Å². The highest BCUT2D eigenvalue weighted by molar-refractivity contribution is 5.49. The summed E-state index contributed by atoms with van der Waals surface area (Å²) in [7, 11) is 2.02. The Hall–Kier alpha value is -1.22. The molecule has 1 rings (SSSR count). The number of aromatic hydroxyl groups is 1. The van der Waals surface area contributed by atoms with Crippen LogP contribution in [0.2, 0.25) is 0 Å². The van der Waals surface area contributed by atoms with Crippen LogP contribution in [0.5, 0.6) is 5.75 Å². The van der Waals surface area contributed by atoms with E-state index in [9.17, 15) is 5.11 Å². The number of nitrogens with two attached hydrogens (primary N) is 1. The summed E-state index contributed by atoms with van der Waals surface area (Å²) in [5.41, 5.74) is 6.46. The zero-order valence-electron chi connectivity index (χ0n) is 8.61. The maximum atomic E-state index is 9.29. The fraction of sp³-hybridized carbons (Fsp3) is 0.455. The van der Waals surface area contributed by atoms with Crippen LogP contribution in [0.15, 0.2) is 24.3 Å². The minimum absolute atomic E-state index is 0.313. The average Bonchev–Trinajstić information content (AvgIpc) is 2.18. The van der Waals surface area contributed by atoms with Gasteiger partial charge in [-0.1, -0.05) is 6.07 Å². The first-order chi connectivity index (χ1) is 6.74. The number of hydrogen-bond donors (Lipinski definition) is 2. The smallest absolute Gasteiger partial charge is 0.117 e. The van der Waals surface area contributed by atoms with E-state index in [0.717, 1.165) is 31.6 Å². The molecule has 1 aromatic carbocycles. The predicted octanol–water partition coefficient (Wildman–Crippen LogP) is 1.57. The van der Waals surface area contributed by atoms with Gasteiger partial charge in [-0.2, -0.15) is 0 Å². The summed E-state index contributed by atoms with van der Waals surface area (Å²) in [6.07, 6.45) is 2.13. The van der Waals surface area contributed by atoms with Crippen LogP contribution in [0, 0.1) is 0 Å². The minimum Gasteiger partial charge on any atom is -0.508 e. The SMILES string of the molecule is CN(CCCCN)c1cccc(O)c1. The number of rotatable bonds is 5. The summed E-state index contributed by atoms with van der Waals surface area (Å²) in [6, 6.07) is 7.28. The molecule has 78 valence electrons. The van der Waals surface area contributed by atoms with Crippen LogP contribution in [-0.4, -0.2) is 25.2 Å². The molecule has 1 aromatic rings. The van der Waals surface area contributed by atoms with E-state index in [1.54, 1.807) is 12.1 Å². The van der Waals surface area contributed by atoms with E-state index in [1.165, 1.54) is 0 Å². The summed E-state index contributed by atoms with van der Waals surface area (Å²) in [4.78, 5) is 2.12. The number of anilines is 1. The van der Waals surface area contributed by atoms with Crippen molar-refractivity contribution >= 4 is 5.69 Å². The van der Waals surface area contributed by atoms with Crippen molar-refractivity contribution in [3.05, 3.63) is 24.3 Å². The highest BCUT2D eigenvalue weighted by Gasteiger charge is 2.00. The Morgan fingerprint density at radius 2 is 2.14 bits per heavy atom. The van der Waals surface area contributed by atoms with Gasteiger partial charge in [-0.3, -0.25) is 0 Å². The molecule has 0 unspecified atom stereocenters. The number of phenols is 1. The summed E-state index contributed by atoms with van der Waals surface area (Å²) < 4.78 is 0. The van der Waals surface area contributed by atoms with Gasteiger partial charge in [0.15, 0.2) is 0 Å². The lowest BCUT2D eigenvalue weighted by atomic mass is 10.2. The fourth-order valence-corrected chi connectivity index (χ4v) is 1.35. The van der Waals surface area contributed by atoms with Crippen molar-refractivity contribution < 1.29 is 5.11 Å². The zero-order chi connectivity index (χ0) is 10.4. The Labute approximate surface area is 85.2 Å². The van der Waals surface area contributed by atoms with Crippen molar-refractivity contribution in [3.63, 3.8) is 0 Å². The van der Waals surface area contributed by atoms with Gasteiger partial charge in [-0.15, -0.1) is 0 Å². The van der Waals surface area contributed by atoms with Gasteiger partial charge in [0, 0.05) is 25.3 Å². The van der Waals surface area contributed by atoms with E-state index in [4.69, 9.17) is 5.73 Å². The second-order valence-corrected chi connectivity index (χ2v) is 3.44. The first-order valence-electron chi connectivity index (χ1n) is 4.94. The van der Waals surface area contributed by atoms with Gasteiger partial charge in [0.2, 0.25) is 0 Å². The molecule has 3 nitrogen and oxygen atoms in total. The number of benzene rings is 1. The molecular weight excluding hydrogens is 176 g/mol. The van der Waals surface area contributed by atoms with Gasteiger partial charge >= 0.3 is 0 Å². The van der Waals surface area contributed by atoms with Crippen LogP contribution in [0.25, 0.3) is 0 Å². The Balaban J connectivity index is 2.47. The predicted molar refractivity (Wildman–Crippen MR) is 59.7 cm³/mol. The van der Waals surface area contributed by atoms with Crippen LogP contribution in [0.4, 0.5) is 5.69 Å². The third-order valence-corrected chi connectivity index (χ3v) is 2.22. The van der Waals surface area contributed by atoms with Crippen LogP contribution >= 0.6 is 0 Å². The van der Waals surface area contributed by atoms with Gasteiger partial charge in [-0.05, 0) is 31.5 Å². The lowest BCUT2D eigenvalue weighted by molar-refractivity contribution is 0.475. The van der Waals surface area contributed by atoms with Crippen LogP contribution < -0.4 is 10.6 Å². The molecule has 0 radical (unpaired) electrons. The highest BCUT2D eigenvalue weighted by Crippen LogP contribution is 2.18. The van der Waals surface area contributed by atoms with Gasteiger partial charge in [0.05, 0.1) is 0 Å². The van der Waals surface area contributed by atoms with E-state index in [2.05, 4.69) is 4.90 Å². The topological polar surface area (TPSA) is 49.5 Å². The average molecular weight is 194 g/mol. The molecule has 0 aliphatic rings. The molecule has 0 aromatic heterocycles. The summed E-state index contributed by atoms with van der Waals surface area (Å²) in [5.74, 6) is 0.313. The first-order valence-corrected chi connectivity index (χ1v) is 4.94. The summed E-state index contributed by atoms with van der Waals surface area (Å²) in [5, 5.41) is 9.29. The second-order valence-electron chi connectivity index (χ2n) is 3.44. The van der Waals surface area contributed by atoms with E-state index >= 15 is 0 Å². The van der Waals surface area contributed by atoms with Crippen molar-refractivity contribution in [2.45, 2.75) is 12.8 Å². The van der Waals surface area contributed by atoms with Crippen LogP contribution in [0.3, 0.4) is 0 Å². The maximum absolute atomic E-state index is 9.29. The van der Waals surface area contributed by atoms with Crippen molar-refractivity contribution in [3.8, 4) is 5.75 Å². The van der Waals surface area contributed by atoms with Gasteiger partial charge in [0.25, 0.3) is 0 Å². The Bertz CT molecular complexity index is 276. The number of phenolic OH excluding ortho intramolecular Hbond substituents is 1. The fourth-order valence-electron chi connectivity index (χ4n) is 1.35. The third kappa shape index (κ3) is 3.26. The Morgan fingerprint density at radius 1 is 1.36 bits per heavy atom. The third-order valence-electron chi connectivity index (χ3n) is 2.22. The molecule has 0 aliphatic heterocycles. The lowest BCUT2D eigenvalue weighted by Gasteiger charge is -2.19. The molecule has 0 amide bonds. The lowest BCUT2D eigenvalue weighted by Crippen LogP contribution is -2.19. The largest absolute Gasteiger partial charge is 0.508 e. The molecule has 0 fully saturated rings. The van der Waals surface area contributed by atoms with Gasteiger partial charge < -0.3 is 15.7 Å². The minimum atomic E-state index is 0.313. The first kappa shape index (κ1) is 10.9. The van der Waals surface area contributed by atoms with E-state index in [-0.39, 0.29) is 0 Å². The normalized spacial score (nSPS) is 10.1. The molecule has 3 heteroatoms. The molecule has 0 saturated carbocycles. The van der Waals surface area contributed by atoms with Crippen LogP contribution in [-0.2, 0) is 0 Å². The number of nitrogens with zero attached hydrogens (tertiary/aromatic N) is 1. The molecule has 0 saturated heterocycles. The quantitative estimate of drug-likeness (QED) is 0.699. The van der Waals surface area contributed by atoms with Crippen LogP contribution in [0.1, 0.15) is 12.8 Å². The molecule has 0 atom stereocenters. The standard InChI is InChI=1S/C11H18N2O/c1-13(8-3-2-7-12)10-5-4-6-11(14)9-10/h4-6,9,14H,2-3,7-8,12H2,1H3. The van der Waals surface area contributed by atoms with E-state index in [0.29, 0.717) is 5.75 Å². The highest BCUT2D eigenvalue weighted by atomic mass is 16.3. The Morgan fingerprint density at radius 3 is 2.79 bits per heavy atom. The molecule has 0 heterocycles. The zero-order valence-corrected chi connectivity index (χ0v) is 8.61. The monoisotopic (exact) mass is 194 g/mol.